The SMILES string of the molecule is CCC(CO)(CO)CO.O=C(O)CO.O=C(O)CO.O=C(O)CO. The molecule has 0 aromatic heterocycles. The molecule has 0 aromatic rings. The van der Waals surface area contributed by atoms with Crippen molar-refractivity contribution in [1.82, 2.24) is 0 Å². The van der Waals surface area contributed by atoms with Crippen LogP contribution in [0.2, 0.25) is 0 Å². The summed E-state index contributed by atoms with van der Waals surface area (Å²) in [5, 5.41) is 71.0. The van der Waals surface area contributed by atoms with E-state index in [0.717, 1.165) is 0 Å². The van der Waals surface area contributed by atoms with Gasteiger partial charge in [-0.1, -0.05) is 6.92 Å². The highest BCUT2D eigenvalue weighted by molar-refractivity contribution is 5.68. The normalized spacial score (nSPS) is 9.12. The van der Waals surface area contributed by atoms with Crippen molar-refractivity contribution >= 4 is 17.9 Å². The van der Waals surface area contributed by atoms with Gasteiger partial charge in [0, 0.05) is 5.41 Å². The van der Waals surface area contributed by atoms with Gasteiger partial charge in [-0.25, -0.2) is 14.4 Å². The van der Waals surface area contributed by atoms with E-state index in [-0.39, 0.29) is 19.8 Å². The molecule has 0 aliphatic carbocycles. The lowest BCUT2D eigenvalue weighted by molar-refractivity contribution is -0.141. The Labute approximate surface area is 137 Å². The summed E-state index contributed by atoms with van der Waals surface area (Å²) in [4.78, 5) is 27.4. The molecule has 0 aliphatic heterocycles. The first-order chi connectivity index (χ1) is 11.1. The van der Waals surface area contributed by atoms with E-state index in [9.17, 15) is 0 Å². The minimum atomic E-state index is -1.19. The first-order valence-electron chi connectivity index (χ1n) is 6.36. The van der Waals surface area contributed by atoms with Crippen LogP contribution >= 0.6 is 0 Å². The van der Waals surface area contributed by atoms with Gasteiger partial charge in [-0.15, -0.1) is 0 Å². The summed E-state index contributed by atoms with van der Waals surface area (Å²) in [6, 6.07) is 0. The lowest BCUT2D eigenvalue weighted by Gasteiger charge is -2.24. The summed E-state index contributed by atoms with van der Waals surface area (Å²) in [6.45, 7) is -0.980. The van der Waals surface area contributed by atoms with Crippen molar-refractivity contribution in [2.24, 2.45) is 5.41 Å². The topological polar surface area (TPSA) is 233 Å². The number of aliphatic carboxylic acids is 3. The second-order valence-electron chi connectivity index (χ2n) is 3.98. The zero-order valence-corrected chi connectivity index (χ0v) is 13.2. The van der Waals surface area contributed by atoms with E-state index in [1.165, 1.54) is 0 Å². The Kier molecular flexibility index (Phi) is 26.5. The first kappa shape index (κ1) is 30.1. The fourth-order valence-electron chi connectivity index (χ4n) is 0.485. The van der Waals surface area contributed by atoms with Crippen LogP contribution in [-0.2, 0) is 14.4 Å². The van der Waals surface area contributed by atoms with E-state index in [0.29, 0.717) is 6.42 Å². The van der Waals surface area contributed by atoms with Crippen molar-refractivity contribution in [2.75, 3.05) is 39.6 Å². The predicted molar refractivity (Wildman–Crippen MR) is 78.1 cm³/mol. The molecule has 0 spiro atoms. The number of carboxylic acids is 3. The van der Waals surface area contributed by atoms with Crippen LogP contribution in [-0.4, -0.2) is 104 Å². The quantitative estimate of drug-likeness (QED) is 0.215. The molecule has 12 heteroatoms. The molecule has 146 valence electrons. The maximum Gasteiger partial charge on any atom is 0.329 e. The first-order valence-corrected chi connectivity index (χ1v) is 6.36. The van der Waals surface area contributed by atoms with Crippen molar-refractivity contribution in [3.8, 4) is 0 Å². The van der Waals surface area contributed by atoms with Gasteiger partial charge in [0.25, 0.3) is 0 Å². The zero-order chi connectivity index (χ0) is 20.2. The van der Waals surface area contributed by atoms with Crippen LogP contribution in [0.5, 0.6) is 0 Å². The summed E-state index contributed by atoms with van der Waals surface area (Å²) in [6.07, 6.45) is 0.594. The van der Waals surface area contributed by atoms with Gasteiger partial charge in [0.2, 0.25) is 0 Å². The van der Waals surface area contributed by atoms with Crippen LogP contribution in [0.1, 0.15) is 13.3 Å². The highest BCUT2D eigenvalue weighted by Crippen LogP contribution is 2.18. The fraction of sp³-hybridized carbons (Fsp3) is 0.750. The molecular formula is C12H26O12. The summed E-state index contributed by atoms with van der Waals surface area (Å²) >= 11 is 0. The highest BCUT2D eigenvalue weighted by Gasteiger charge is 2.24. The molecule has 0 aliphatic rings. The number of hydrogen-bond donors (Lipinski definition) is 9. The summed E-state index contributed by atoms with van der Waals surface area (Å²) < 4.78 is 0. The van der Waals surface area contributed by atoms with Crippen LogP contribution in [0.15, 0.2) is 0 Å². The van der Waals surface area contributed by atoms with Crippen LogP contribution < -0.4 is 0 Å². The number of hydrogen-bond acceptors (Lipinski definition) is 9. The molecule has 0 saturated heterocycles. The van der Waals surface area contributed by atoms with Crippen molar-refractivity contribution in [1.29, 1.82) is 0 Å². The summed E-state index contributed by atoms with van der Waals surface area (Å²) in [7, 11) is 0. The molecule has 0 unspecified atom stereocenters. The molecule has 0 fully saturated rings. The van der Waals surface area contributed by atoms with Gasteiger partial charge in [0.1, 0.15) is 19.8 Å². The molecule has 0 radical (unpaired) electrons. The third kappa shape index (κ3) is 28.3. The second-order valence-corrected chi connectivity index (χ2v) is 3.98. The maximum absolute atomic E-state index is 9.12. The zero-order valence-electron chi connectivity index (χ0n) is 13.2. The van der Waals surface area contributed by atoms with Gasteiger partial charge >= 0.3 is 17.9 Å². The van der Waals surface area contributed by atoms with Crippen molar-refractivity contribution in [3.05, 3.63) is 0 Å². The largest absolute Gasteiger partial charge is 0.480 e. The standard InChI is InChI=1S/C6H14O3.3C2H4O3/c1-2-6(3-7,4-8)5-9;3*3-1-2(4)5/h7-9H,2-5H2,1H3;3*3H,1H2,(H,4,5). The average Bonchev–Trinajstić information content (AvgIpc) is 2.59. The molecule has 0 atom stereocenters. The Balaban J connectivity index is -0.000000116. The lowest BCUT2D eigenvalue weighted by Crippen LogP contribution is -2.32. The molecule has 0 heterocycles. The smallest absolute Gasteiger partial charge is 0.329 e. The third-order valence-corrected chi connectivity index (χ3v) is 2.16. The van der Waals surface area contributed by atoms with Gasteiger partial charge < -0.3 is 46.0 Å². The van der Waals surface area contributed by atoms with Gasteiger partial charge in [-0.05, 0) is 6.42 Å². The van der Waals surface area contributed by atoms with Crippen LogP contribution in [0, 0.1) is 5.41 Å². The number of carboxylic acid groups (broad SMARTS) is 3. The summed E-state index contributed by atoms with van der Waals surface area (Å²) in [5.41, 5.74) is -0.667. The molecule has 12 nitrogen and oxygen atoms in total. The Morgan fingerprint density at radius 3 is 0.792 bits per heavy atom. The lowest BCUT2D eigenvalue weighted by atomic mass is 9.88. The Morgan fingerprint density at radius 1 is 0.625 bits per heavy atom. The van der Waals surface area contributed by atoms with E-state index >= 15 is 0 Å². The van der Waals surface area contributed by atoms with Crippen molar-refractivity contribution < 1.29 is 60.3 Å². The fourth-order valence-corrected chi connectivity index (χ4v) is 0.485. The van der Waals surface area contributed by atoms with Gasteiger partial charge in [-0.3, -0.25) is 0 Å². The number of aliphatic hydroxyl groups excluding tert-OH is 6. The van der Waals surface area contributed by atoms with Crippen LogP contribution in [0.4, 0.5) is 0 Å². The Bertz CT molecular complexity index is 262. The Hall–Kier alpha value is -1.83. The van der Waals surface area contributed by atoms with E-state index < -0.39 is 43.1 Å². The van der Waals surface area contributed by atoms with Gasteiger partial charge in [0.05, 0.1) is 19.8 Å². The highest BCUT2D eigenvalue weighted by atomic mass is 16.4. The molecule has 24 heavy (non-hydrogen) atoms. The van der Waals surface area contributed by atoms with E-state index in [1.807, 2.05) is 6.92 Å². The monoisotopic (exact) mass is 362 g/mol. The number of carbonyl (C=O) groups is 3. The van der Waals surface area contributed by atoms with Crippen LogP contribution in [0.25, 0.3) is 0 Å². The minimum Gasteiger partial charge on any atom is -0.480 e. The summed E-state index contributed by atoms with van der Waals surface area (Å²) in [5.74, 6) is -3.57. The average molecular weight is 362 g/mol. The number of aliphatic hydroxyl groups is 6. The molecule has 0 bridgehead atoms. The van der Waals surface area contributed by atoms with Gasteiger partial charge in [-0.2, -0.15) is 0 Å². The molecule has 0 aromatic carbocycles. The predicted octanol–water partition coefficient (Wildman–Crippen LogP) is -3.45. The van der Waals surface area contributed by atoms with Crippen molar-refractivity contribution in [3.63, 3.8) is 0 Å². The van der Waals surface area contributed by atoms with Gasteiger partial charge in [0.15, 0.2) is 0 Å². The Morgan fingerprint density at radius 2 is 0.792 bits per heavy atom. The van der Waals surface area contributed by atoms with E-state index in [4.69, 9.17) is 60.3 Å². The molecule has 0 rings (SSSR count). The van der Waals surface area contributed by atoms with E-state index in [1.54, 1.807) is 0 Å². The second kappa shape index (κ2) is 21.2. The maximum atomic E-state index is 9.12. The van der Waals surface area contributed by atoms with Crippen LogP contribution in [0.3, 0.4) is 0 Å². The molecular weight excluding hydrogens is 336 g/mol. The third-order valence-electron chi connectivity index (χ3n) is 2.16. The minimum absolute atomic E-state index is 0.156. The van der Waals surface area contributed by atoms with Crippen molar-refractivity contribution in [2.45, 2.75) is 13.3 Å². The van der Waals surface area contributed by atoms with E-state index in [2.05, 4.69) is 0 Å². The molecule has 9 N–H and O–H groups in total. The molecule has 0 saturated carbocycles. The number of rotatable bonds is 7. The molecule has 0 amide bonds.